The van der Waals surface area contributed by atoms with Crippen LogP contribution in [0.4, 0.5) is 5.69 Å². The molecule has 19 heavy (non-hydrogen) atoms. The quantitative estimate of drug-likeness (QED) is 0.922. The monoisotopic (exact) mass is 280 g/mol. The van der Waals surface area contributed by atoms with Crippen molar-refractivity contribution in [1.82, 2.24) is 0 Å². The molecule has 0 saturated carbocycles. The summed E-state index contributed by atoms with van der Waals surface area (Å²) >= 11 is 6.02. The van der Waals surface area contributed by atoms with Gasteiger partial charge in [-0.05, 0) is 12.1 Å². The molecule has 1 saturated heterocycles. The molecule has 1 aliphatic rings. The molecule has 1 heterocycles. The number of nitrogens with zero attached hydrogens (tertiary/aromatic N) is 2. The van der Waals surface area contributed by atoms with Gasteiger partial charge in [0.25, 0.3) is 0 Å². The number of rotatable bonds is 3. The Morgan fingerprint density at radius 3 is 2.79 bits per heavy atom. The molecule has 1 N–H and O–H groups in total. The van der Waals surface area contributed by atoms with E-state index in [1.165, 1.54) is 0 Å². The molecule has 0 atom stereocenters. The SMILES string of the molecule is CN(CC1(O)CCOCC1)c1cccc(Cl)c1C#N. The fourth-order valence-corrected chi connectivity index (χ4v) is 2.59. The molecule has 1 aromatic rings. The van der Waals surface area contributed by atoms with Crippen LogP contribution in [-0.4, -0.2) is 37.5 Å². The molecule has 0 amide bonds. The molecule has 102 valence electrons. The first-order chi connectivity index (χ1) is 9.06. The molecule has 5 heteroatoms. The van der Waals surface area contributed by atoms with Crippen LogP contribution < -0.4 is 4.90 Å². The van der Waals surface area contributed by atoms with E-state index in [9.17, 15) is 10.4 Å². The number of hydrogen-bond acceptors (Lipinski definition) is 4. The number of ether oxygens (including phenoxy) is 1. The Morgan fingerprint density at radius 1 is 1.47 bits per heavy atom. The first-order valence-corrected chi connectivity index (χ1v) is 6.63. The summed E-state index contributed by atoms with van der Waals surface area (Å²) in [6.45, 7) is 1.61. The van der Waals surface area contributed by atoms with Gasteiger partial charge in [0, 0.05) is 39.6 Å². The summed E-state index contributed by atoms with van der Waals surface area (Å²) < 4.78 is 5.26. The maximum atomic E-state index is 10.5. The maximum absolute atomic E-state index is 10.5. The van der Waals surface area contributed by atoms with E-state index in [2.05, 4.69) is 6.07 Å². The smallest absolute Gasteiger partial charge is 0.103 e. The molecule has 0 aliphatic carbocycles. The van der Waals surface area contributed by atoms with E-state index in [4.69, 9.17) is 16.3 Å². The second-order valence-electron chi connectivity index (χ2n) is 4.94. The molecule has 0 radical (unpaired) electrons. The van der Waals surface area contributed by atoms with Gasteiger partial charge in [-0.3, -0.25) is 0 Å². The lowest BCUT2D eigenvalue weighted by Gasteiger charge is -2.36. The van der Waals surface area contributed by atoms with Gasteiger partial charge in [0.05, 0.1) is 21.9 Å². The first-order valence-electron chi connectivity index (χ1n) is 6.26. The van der Waals surface area contributed by atoms with Crippen LogP contribution in [0, 0.1) is 11.3 Å². The van der Waals surface area contributed by atoms with E-state index >= 15 is 0 Å². The number of aliphatic hydroxyl groups is 1. The van der Waals surface area contributed by atoms with Gasteiger partial charge in [-0.2, -0.15) is 5.26 Å². The average molecular weight is 281 g/mol. The summed E-state index contributed by atoms with van der Waals surface area (Å²) in [5.74, 6) is 0. The number of hydrogen-bond donors (Lipinski definition) is 1. The number of likely N-dealkylation sites (N-methyl/N-ethyl adjacent to an activating group) is 1. The number of benzene rings is 1. The highest BCUT2D eigenvalue weighted by molar-refractivity contribution is 6.32. The van der Waals surface area contributed by atoms with Gasteiger partial charge in [-0.1, -0.05) is 17.7 Å². The summed E-state index contributed by atoms with van der Waals surface area (Å²) in [4.78, 5) is 1.88. The van der Waals surface area contributed by atoms with E-state index in [0.29, 0.717) is 43.2 Å². The Morgan fingerprint density at radius 2 is 2.16 bits per heavy atom. The van der Waals surface area contributed by atoms with Crippen LogP contribution in [-0.2, 0) is 4.74 Å². The van der Waals surface area contributed by atoms with Crippen LogP contribution >= 0.6 is 11.6 Å². The van der Waals surface area contributed by atoms with Crippen LogP contribution in [0.2, 0.25) is 5.02 Å². The summed E-state index contributed by atoms with van der Waals surface area (Å²) in [6, 6.07) is 7.46. The first kappa shape index (κ1) is 14.1. The van der Waals surface area contributed by atoms with Crippen molar-refractivity contribution in [3.63, 3.8) is 0 Å². The highest BCUT2D eigenvalue weighted by atomic mass is 35.5. The molecule has 0 aromatic heterocycles. The Kier molecular flexibility index (Phi) is 4.31. The van der Waals surface area contributed by atoms with Crippen molar-refractivity contribution < 1.29 is 9.84 Å². The van der Waals surface area contributed by atoms with Crippen molar-refractivity contribution in [3.05, 3.63) is 28.8 Å². The van der Waals surface area contributed by atoms with E-state index in [1.807, 2.05) is 24.1 Å². The Balaban J connectivity index is 2.18. The second kappa shape index (κ2) is 5.79. The van der Waals surface area contributed by atoms with Crippen LogP contribution in [0.25, 0.3) is 0 Å². The summed E-state index contributed by atoms with van der Waals surface area (Å²) in [7, 11) is 1.86. The minimum atomic E-state index is -0.762. The average Bonchev–Trinajstić information content (AvgIpc) is 2.38. The number of nitriles is 1. The topological polar surface area (TPSA) is 56.5 Å². The van der Waals surface area contributed by atoms with Crippen molar-refractivity contribution in [2.75, 3.05) is 31.7 Å². The van der Waals surface area contributed by atoms with Gasteiger partial charge in [0.2, 0.25) is 0 Å². The van der Waals surface area contributed by atoms with Crippen LogP contribution in [0.1, 0.15) is 18.4 Å². The minimum absolute atomic E-state index is 0.436. The molecular weight excluding hydrogens is 264 g/mol. The fraction of sp³-hybridized carbons (Fsp3) is 0.500. The number of halogens is 1. The zero-order valence-corrected chi connectivity index (χ0v) is 11.7. The predicted molar refractivity (Wildman–Crippen MR) is 74.4 cm³/mol. The molecule has 0 bridgehead atoms. The van der Waals surface area contributed by atoms with Crippen molar-refractivity contribution in [2.24, 2.45) is 0 Å². The third-order valence-electron chi connectivity index (χ3n) is 3.47. The van der Waals surface area contributed by atoms with Crippen LogP contribution in [0.5, 0.6) is 0 Å². The van der Waals surface area contributed by atoms with Gasteiger partial charge in [-0.25, -0.2) is 0 Å². The van der Waals surface area contributed by atoms with Crippen molar-refractivity contribution in [2.45, 2.75) is 18.4 Å². The largest absolute Gasteiger partial charge is 0.388 e. The fourth-order valence-electron chi connectivity index (χ4n) is 2.38. The number of anilines is 1. The van der Waals surface area contributed by atoms with Gasteiger partial charge < -0.3 is 14.7 Å². The molecular formula is C14H17ClN2O2. The van der Waals surface area contributed by atoms with Crippen LogP contribution in [0.15, 0.2) is 18.2 Å². The van der Waals surface area contributed by atoms with Gasteiger partial charge >= 0.3 is 0 Å². The van der Waals surface area contributed by atoms with E-state index < -0.39 is 5.60 Å². The van der Waals surface area contributed by atoms with E-state index in [0.717, 1.165) is 5.69 Å². The maximum Gasteiger partial charge on any atom is 0.103 e. The standard InChI is InChI=1S/C14H17ClN2O2/c1-17(10-14(18)5-7-19-8-6-14)13-4-2-3-12(15)11(13)9-16/h2-4,18H,5-8,10H2,1H3. The predicted octanol–water partition coefficient (Wildman–Crippen LogP) is 2.19. The second-order valence-corrected chi connectivity index (χ2v) is 5.35. The van der Waals surface area contributed by atoms with Crippen molar-refractivity contribution in [3.8, 4) is 6.07 Å². The molecule has 1 fully saturated rings. The summed E-state index contributed by atoms with van der Waals surface area (Å²) in [6.07, 6.45) is 1.22. The highest BCUT2D eigenvalue weighted by Gasteiger charge is 2.31. The third kappa shape index (κ3) is 3.19. The van der Waals surface area contributed by atoms with Crippen molar-refractivity contribution >= 4 is 17.3 Å². The Labute approximate surface area is 118 Å². The van der Waals surface area contributed by atoms with Gasteiger partial charge in [0.1, 0.15) is 6.07 Å². The molecule has 0 unspecified atom stereocenters. The molecule has 1 aromatic carbocycles. The van der Waals surface area contributed by atoms with Crippen LogP contribution in [0.3, 0.4) is 0 Å². The summed E-state index contributed by atoms with van der Waals surface area (Å²) in [5.41, 5.74) is 0.430. The summed E-state index contributed by atoms with van der Waals surface area (Å²) in [5, 5.41) is 20.1. The zero-order chi connectivity index (χ0) is 13.9. The normalized spacial score (nSPS) is 17.8. The van der Waals surface area contributed by atoms with Gasteiger partial charge in [0.15, 0.2) is 0 Å². The Bertz CT molecular complexity index is 493. The third-order valence-corrected chi connectivity index (χ3v) is 3.78. The highest BCUT2D eigenvalue weighted by Crippen LogP contribution is 2.29. The molecule has 0 spiro atoms. The minimum Gasteiger partial charge on any atom is -0.388 e. The Hall–Kier alpha value is -1.28. The molecule has 1 aliphatic heterocycles. The molecule has 2 rings (SSSR count). The molecule has 4 nitrogen and oxygen atoms in total. The van der Waals surface area contributed by atoms with E-state index in [1.54, 1.807) is 6.07 Å². The lowest BCUT2D eigenvalue weighted by molar-refractivity contribution is -0.0572. The van der Waals surface area contributed by atoms with E-state index in [-0.39, 0.29) is 0 Å². The lowest BCUT2D eigenvalue weighted by atomic mass is 9.93. The lowest BCUT2D eigenvalue weighted by Crippen LogP contribution is -2.45. The van der Waals surface area contributed by atoms with Crippen molar-refractivity contribution in [1.29, 1.82) is 5.26 Å². The van der Waals surface area contributed by atoms with Gasteiger partial charge in [-0.15, -0.1) is 0 Å². The zero-order valence-electron chi connectivity index (χ0n) is 10.9.